The summed E-state index contributed by atoms with van der Waals surface area (Å²) in [5.74, 6) is 0. The Morgan fingerprint density at radius 1 is 1.44 bits per heavy atom. The van der Waals surface area contributed by atoms with E-state index in [1.807, 2.05) is 34.9 Å². The van der Waals surface area contributed by atoms with Gasteiger partial charge in [0.1, 0.15) is 0 Å². The van der Waals surface area contributed by atoms with Crippen molar-refractivity contribution in [3.63, 3.8) is 0 Å². The Hall–Kier alpha value is -1.14. The second-order valence-electron chi connectivity index (χ2n) is 4.10. The van der Waals surface area contributed by atoms with Gasteiger partial charge in [-0.05, 0) is 35.5 Å². The normalized spacial score (nSPS) is 12.9. The van der Waals surface area contributed by atoms with Crippen molar-refractivity contribution >= 4 is 15.9 Å². The molecule has 0 aliphatic heterocycles. The molecule has 0 aliphatic rings. The van der Waals surface area contributed by atoms with E-state index in [1.165, 1.54) is 0 Å². The predicted molar refractivity (Wildman–Crippen MR) is 74.3 cm³/mol. The molecule has 1 unspecified atom stereocenters. The maximum Gasteiger partial charge on any atom is 0.0952 e. The van der Waals surface area contributed by atoms with Crippen LogP contribution >= 0.6 is 15.9 Å². The summed E-state index contributed by atoms with van der Waals surface area (Å²) in [5, 5.41) is 12.3. The third-order valence-corrected chi connectivity index (χ3v) is 3.46. The molecular formula is C12H18BrN5. The Labute approximate surface area is 115 Å². The van der Waals surface area contributed by atoms with Gasteiger partial charge in [-0.15, -0.1) is 0 Å². The van der Waals surface area contributed by atoms with Crippen LogP contribution in [-0.2, 0) is 13.6 Å². The van der Waals surface area contributed by atoms with E-state index in [1.54, 1.807) is 0 Å². The van der Waals surface area contributed by atoms with Crippen LogP contribution in [0.5, 0.6) is 0 Å². The number of hydrogen-bond donors (Lipinski definition) is 1. The molecule has 6 heteroatoms. The van der Waals surface area contributed by atoms with Gasteiger partial charge in [-0.3, -0.25) is 9.36 Å². The van der Waals surface area contributed by atoms with Gasteiger partial charge in [-0.1, -0.05) is 6.92 Å². The molecule has 2 aromatic heterocycles. The molecular weight excluding hydrogens is 294 g/mol. The quantitative estimate of drug-likeness (QED) is 0.920. The van der Waals surface area contributed by atoms with Crippen molar-refractivity contribution in [3.05, 3.63) is 34.3 Å². The van der Waals surface area contributed by atoms with Gasteiger partial charge >= 0.3 is 0 Å². The highest BCUT2D eigenvalue weighted by Crippen LogP contribution is 2.27. The first-order valence-electron chi connectivity index (χ1n) is 6.11. The van der Waals surface area contributed by atoms with Gasteiger partial charge in [0.2, 0.25) is 0 Å². The van der Waals surface area contributed by atoms with E-state index in [-0.39, 0.29) is 6.04 Å². The lowest BCUT2D eigenvalue weighted by Crippen LogP contribution is -2.25. The number of nitrogens with zero attached hydrogens (tertiary/aromatic N) is 4. The van der Waals surface area contributed by atoms with Crippen LogP contribution in [0.1, 0.15) is 31.3 Å². The molecule has 0 bridgehead atoms. The topological polar surface area (TPSA) is 47.7 Å². The first-order valence-corrected chi connectivity index (χ1v) is 6.90. The molecule has 1 atom stereocenters. The molecule has 0 aliphatic carbocycles. The lowest BCUT2D eigenvalue weighted by molar-refractivity contribution is 0.527. The molecule has 98 valence electrons. The lowest BCUT2D eigenvalue weighted by Gasteiger charge is -2.17. The van der Waals surface area contributed by atoms with Crippen LogP contribution in [-0.4, -0.2) is 26.1 Å². The first kappa shape index (κ1) is 13.3. The SMILES string of the molecule is CCNC(c1ccn(C)n1)c1c(Br)cnn1CC. The Bertz CT molecular complexity index is 516. The van der Waals surface area contributed by atoms with Gasteiger partial charge in [0, 0.05) is 19.8 Å². The van der Waals surface area contributed by atoms with Crippen LogP contribution in [0.15, 0.2) is 22.9 Å². The van der Waals surface area contributed by atoms with Crippen LogP contribution < -0.4 is 5.32 Å². The molecule has 5 nitrogen and oxygen atoms in total. The highest BCUT2D eigenvalue weighted by Gasteiger charge is 2.22. The molecule has 2 aromatic rings. The van der Waals surface area contributed by atoms with E-state index in [0.29, 0.717) is 0 Å². The smallest absolute Gasteiger partial charge is 0.0952 e. The first-order chi connectivity index (χ1) is 8.67. The number of aromatic nitrogens is 4. The fraction of sp³-hybridized carbons (Fsp3) is 0.500. The predicted octanol–water partition coefficient (Wildman–Crippen LogP) is 2.10. The molecule has 0 amide bonds. The summed E-state index contributed by atoms with van der Waals surface area (Å²) < 4.78 is 4.83. The largest absolute Gasteiger partial charge is 0.304 e. The molecule has 0 saturated heterocycles. The molecule has 0 saturated carbocycles. The fourth-order valence-corrected chi connectivity index (χ4v) is 2.57. The van der Waals surface area contributed by atoms with Gasteiger partial charge in [-0.2, -0.15) is 10.2 Å². The minimum Gasteiger partial charge on any atom is -0.304 e. The van der Waals surface area contributed by atoms with Crippen LogP contribution in [0, 0.1) is 0 Å². The second-order valence-corrected chi connectivity index (χ2v) is 4.95. The molecule has 2 heterocycles. The summed E-state index contributed by atoms with van der Waals surface area (Å²) in [6.07, 6.45) is 3.80. The molecule has 18 heavy (non-hydrogen) atoms. The van der Waals surface area contributed by atoms with Crippen molar-refractivity contribution in [2.24, 2.45) is 7.05 Å². The van der Waals surface area contributed by atoms with E-state index in [2.05, 4.69) is 45.3 Å². The van der Waals surface area contributed by atoms with Crippen LogP contribution in [0.3, 0.4) is 0 Å². The van der Waals surface area contributed by atoms with Crippen LogP contribution in [0.4, 0.5) is 0 Å². The maximum atomic E-state index is 4.49. The number of nitrogens with one attached hydrogen (secondary N) is 1. The number of rotatable bonds is 5. The molecule has 0 fully saturated rings. The van der Waals surface area contributed by atoms with E-state index in [9.17, 15) is 0 Å². The van der Waals surface area contributed by atoms with E-state index < -0.39 is 0 Å². The van der Waals surface area contributed by atoms with E-state index in [4.69, 9.17) is 0 Å². The average Bonchev–Trinajstić information content (AvgIpc) is 2.93. The highest BCUT2D eigenvalue weighted by atomic mass is 79.9. The van der Waals surface area contributed by atoms with Crippen molar-refractivity contribution in [1.29, 1.82) is 0 Å². The standard InChI is InChI=1S/C12H18BrN5/c1-4-14-11(10-6-7-17(3)16-10)12-9(13)8-15-18(12)5-2/h6-8,11,14H,4-5H2,1-3H3. The van der Waals surface area contributed by atoms with Crippen molar-refractivity contribution in [1.82, 2.24) is 24.9 Å². The van der Waals surface area contributed by atoms with E-state index >= 15 is 0 Å². The minimum absolute atomic E-state index is 0.0630. The van der Waals surface area contributed by atoms with Gasteiger partial charge in [0.05, 0.1) is 28.1 Å². The zero-order valence-electron chi connectivity index (χ0n) is 10.9. The number of aryl methyl sites for hydroxylation is 2. The summed E-state index contributed by atoms with van der Waals surface area (Å²) in [6, 6.07) is 2.10. The molecule has 1 N–H and O–H groups in total. The Morgan fingerprint density at radius 3 is 2.78 bits per heavy atom. The zero-order chi connectivity index (χ0) is 13.1. The number of halogens is 1. The van der Waals surface area contributed by atoms with Crippen molar-refractivity contribution < 1.29 is 0 Å². The zero-order valence-corrected chi connectivity index (χ0v) is 12.5. The minimum atomic E-state index is 0.0630. The Balaban J connectivity index is 2.43. The summed E-state index contributed by atoms with van der Waals surface area (Å²) in [7, 11) is 1.93. The van der Waals surface area contributed by atoms with Crippen LogP contribution in [0.25, 0.3) is 0 Å². The van der Waals surface area contributed by atoms with Crippen molar-refractivity contribution in [2.75, 3.05) is 6.54 Å². The van der Waals surface area contributed by atoms with E-state index in [0.717, 1.165) is 29.0 Å². The molecule has 0 aromatic carbocycles. The summed E-state index contributed by atoms with van der Waals surface area (Å²) >= 11 is 3.57. The third kappa shape index (κ3) is 2.49. The summed E-state index contributed by atoms with van der Waals surface area (Å²) in [6.45, 7) is 5.90. The molecule has 2 rings (SSSR count). The van der Waals surface area contributed by atoms with Gasteiger partial charge in [0.15, 0.2) is 0 Å². The summed E-state index contributed by atoms with van der Waals surface area (Å²) in [4.78, 5) is 0. The lowest BCUT2D eigenvalue weighted by atomic mass is 10.1. The Kier molecular flexibility index (Phi) is 4.19. The van der Waals surface area contributed by atoms with Gasteiger partial charge in [0.25, 0.3) is 0 Å². The van der Waals surface area contributed by atoms with Crippen LogP contribution in [0.2, 0.25) is 0 Å². The second kappa shape index (κ2) is 5.67. The van der Waals surface area contributed by atoms with Crippen molar-refractivity contribution in [3.8, 4) is 0 Å². The monoisotopic (exact) mass is 311 g/mol. The summed E-state index contributed by atoms with van der Waals surface area (Å²) in [5.41, 5.74) is 2.13. The third-order valence-electron chi connectivity index (χ3n) is 2.84. The average molecular weight is 312 g/mol. The fourth-order valence-electron chi connectivity index (χ4n) is 2.04. The van der Waals surface area contributed by atoms with Gasteiger partial charge in [-0.25, -0.2) is 0 Å². The maximum absolute atomic E-state index is 4.49. The Morgan fingerprint density at radius 2 is 2.22 bits per heavy atom. The number of hydrogen-bond acceptors (Lipinski definition) is 3. The molecule has 0 radical (unpaired) electrons. The van der Waals surface area contributed by atoms with Crippen molar-refractivity contribution in [2.45, 2.75) is 26.4 Å². The molecule has 0 spiro atoms. The highest BCUT2D eigenvalue weighted by molar-refractivity contribution is 9.10. The van der Waals surface area contributed by atoms with Gasteiger partial charge < -0.3 is 5.32 Å².